The molecule has 3 nitrogen and oxygen atoms in total. The predicted octanol–water partition coefficient (Wildman–Crippen LogP) is 2.68. The first-order chi connectivity index (χ1) is 8.22. The third kappa shape index (κ3) is 5.95. The molecule has 0 bridgehead atoms. The van der Waals surface area contributed by atoms with E-state index in [0.717, 1.165) is 25.1 Å². The molecule has 0 aliphatic carbocycles. The van der Waals surface area contributed by atoms with Crippen LogP contribution in [0.25, 0.3) is 0 Å². The zero-order valence-electron chi connectivity index (χ0n) is 10.7. The van der Waals surface area contributed by atoms with Crippen molar-refractivity contribution in [1.29, 1.82) is 0 Å². The number of hydrogen-bond acceptors (Lipinski definition) is 2. The molecule has 1 aromatic carbocycles. The Morgan fingerprint density at radius 3 is 2.94 bits per heavy atom. The first-order valence-electron chi connectivity index (χ1n) is 6.18. The van der Waals surface area contributed by atoms with Crippen molar-refractivity contribution >= 4 is 5.91 Å². The van der Waals surface area contributed by atoms with Gasteiger partial charge >= 0.3 is 0 Å². The van der Waals surface area contributed by atoms with Crippen LogP contribution in [0.3, 0.4) is 0 Å². The lowest BCUT2D eigenvalue weighted by Gasteiger charge is -2.07. The normalized spacial score (nSPS) is 10.0. The van der Waals surface area contributed by atoms with Crippen LogP contribution in [0.2, 0.25) is 0 Å². The highest BCUT2D eigenvalue weighted by Gasteiger charge is 2.00. The summed E-state index contributed by atoms with van der Waals surface area (Å²) < 4.78 is 5.56. The fourth-order valence-corrected chi connectivity index (χ4v) is 1.48. The van der Waals surface area contributed by atoms with Crippen LogP contribution < -0.4 is 10.1 Å². The Balaban J connectivity index is 2.14. The molecule has 17 heavy (non-hydrogen) atoms. The van der Waals surface area contributed by atoms with Gasteiger partial charge in [-0.25, -0.2) is 0 Å². The summed E-state index contributed by atoms with van der Waals surface area (Å²) in [6.45, 7) is 5.42. The Morgan fingerprint density at radius 1 is 1.41 bits per heavy atom. The number of rotatable bonds is 7. The van der Waals surface area contributed by atoms with Crippen LogP contribution in [-0.4, -0.2) is 19.1 Å². The number of amides is 1. The van der Waals surface area contributed by atoms with Crippen LogP contribution in [0.1, 0.15) is 31.7 Å². The highest BCUT2D eigenvalue weighted by atomic mass is 16.5. The molecule has 0 spiro atoms. The molecular weight excluding hydrogens is 214 g/mol. The molecule has 1 rings (SSSR count). The average molecular weight is 235 g/mol. The molecule has 0 aliphatic rings. The van der Waals surface area contributed by atoms with Crippen LogP contribution in [0.4, 0.5) is 0 Å². The zero-order chi connectivity index (χ0) is 12.5. The first-order valence-corrected chi connectivity index (χ1v) is 6.18. The van der Waals surface area contributed by atoms with E-state index in [0.29, 0.717) is 13.0 Å². The second kappa shape index (κ2) is 7.71. The van der Waals surface area contributed by atoms with Crippen molar-refractivity contribution in [2.24, 2.45) is 0 Å². The minimum absolute atomic E-state index is 0.111. The van der Waals surface area contributed by atoms with Crippen LogP contribution in [0.5, 0.6) is 5.75 Å². The maximum Gasteiger partial charge on any atom is 0.220 e. The van der Waals surface area contributed by atoms with Gasteiger partial charge in [0.1, 0.15) is 5.75 Å². The van der Waals surface area contributed by atoms with Gasteiger partial charge in [0, 0.05) is 13.0 Å². The molecule has 94 valence electrons. The van der Waals surface area contributed by atoms with Crippen LogP contribution >= 0.6 is 0 Å². The van der Waals surface area contributed by atoms with E-state index < -0.39 is 0 Å². The van der Waals surface area contributed by atoms with Crippen molar-refractivity contribution in [2.45, 2.75) is 33.1 Å². The third-order valence-electron chi connectivity index (χ3n) is 2.38. The smallest absolute Gasteiger partial charge is 0.220 e. The fraction of sp³-hybridized carbons (Fsp3) is 0.500. The van der Waals surface area contributed by atoms with Gasteiger partial charge in [0.15, 0.2) is 0 Å². The van der Waals surface area contributed by atoms with Crippen LogP contribution in [-0.2, 0) is 4.79 Å². The summed E-state index contributed by atoms with van der Waals surface area (Å²) in [7, 11) is 0. The van der Waals surface area contributed by atoms with Gasteiger partial charge in [0.25, 0.3) is 0 Å². The van der Waals surface area contributed by atoms with Gasteiger partial charge in [0.05, 0.1) is 6.61 Å². The molecule has 0 heterocycles. The Bertz CT molecular complexity index is 350. The molecule has 0 atom stereocenters. The van der Waals surface area contributed by atoms with E-state index in [1.807, 2.05) is 38.1 Å². The summed E-state index contributed by atoms with van der Waals surface area (Å²) in [6, 6.07) is 7.94. The highest BCUT2D eigenvalue weighted by molar-refractivity contribution is 5.75. The number of benzene rings is 1. The molecular formula is C14H21NO2. The third-order valence-corrected chi connectivity index (χ3v) is 2.38. The molecule has 0 aliphatic heterocycles. The monoisotopic (exact) mass is 235 g/mol. The van der Waals surface area contributed by atoms with E-state index in [4.69, 9.17) is 4.74 Å². The van der Waals surface area contributed by atoms with Crippen molar-refractivity contribution in [1.82, 2.24) is 5.32 Å². The number of carbonyl (C=O) groups is 1. The second-order valence-corrected chi connectivity index (χ2v) is 4.12. The van der Waals surface area contributed by atoms with Gasteiger partial charge in [0.2, 0.25) is 5.91 Å². The van der Waals surface area contributed by atoms with Crippen molar-refractivity contribution in [3.8, 4) is 5.75 Å². The van der Waals surface area contributed by atoms with Crippen molar-refractivity contribution in [2.75, 3.05) is 13.2 Å². The first kappa shape index (κ1) is 13.6. The SMILES string of the molecule is CCCNC(=O)CCCOc1cccc(C)c1. The molecule has 1 aromatic rings. The van der Waals surface area contributed by atoms with E-state index >= 15 is 0 Å². The van der Waals surface area contributed by atoms with E-state index in [1.165, 1.54) is 5.56 Å². The van der Waals surface area contributed by atoms with Gasteiger partial charge < -0.3 is 10.1 Å². The number of hydrogen-bond donors (Lipinski definition) is 1. The quantitative estimate of drug-likeness (QED) is 0.738. The van der Waals surface area contributed by atoms with E-state index in [-0.39, 0.29) is 5.91 Å². The van der Waals surface area contributed by atoms with Gasteiger partial charge in [-0.15, -0.1) is 0 Å². The van der Waals surface area contributed by atoms with Crippen molar-refractivity contribution in [3.63, 3.8) is 0 Å². The summed E-state index contributed by atoms with van der Waals surface area (Å²) in [5.74, 6) is 0.985. The Hall–Kier alpha value is -1.51. The standard InChI is InChI=1S/C14H21NO2/c1-3-9-15-14(16)8-5-10-17-13-7-4-6-12(2)11-13/h4,6-7,11H,3,5,8-10H2,1-2H3,(H,15,16). The molecule has 0 unspecified atom stereocenters. The molecule has 0 saturated heterocycles. The molecule has 3 heteroatoms. The summed E-state index contributed by atoms with van der Waals surface area (Å²) in [5, 5.41) is 2.85. The summed E-state index contributed by atoms with van der Waals surface area (Å²) in [6.07, 6.45) is 2.26. The Labute approximate surface area is 103 Å². The number of aryl methyl sites for hydroxylation is 1. The van der Waals surface area contributed by atoms with E-state index in [9.17, 15) is 4.79 Å². The lowest BCUT2D eigenvalue weighted by Crippen LogP contribution is -2.24. The maximum atomic E-state index is 11.3. The number of carbonyl (C=O) groups excluding carboxylic acids is 1. The largest absolute Gasteiger partial charge is 0.494 e. The minimum Gasteiger partial charge on any atom is -0.494 e. The summed E-state index contributed by atoms with van der Waals surface area (Å²) in [4.78, 5) is 11.3. The Kier molecular flexibility index (Phi) is 6.15. The minimum atomic E-state index is 0.111. The maximum absolute atomic E-state index is 11.3. The predicted molar refractivity (Wildman–Crippen MR) is 69.2 cm³/mol. The van der Waals surface area contributed by atoms with Gasteiger partial charge in [-0.1, -0.05) is 19.1 Å². The molecule has 1 N–H and O–H groups in total. The Morgan fingerprint density at radius 2 is 2.24 bits per heavy atom. The zero-order valence-corrected chi connectivity index (χ0v) is 10.7. The number of nitrogens with one attached hydrogen (secondary N) is 1. The van der Waals surface area contributed by atoms with E-state index in [1.54, 1.807) is 0 Å². The lowest BCUT2D eigenvalue weighted by atomic mass is 10.2. The van der Waals surface area contributed by atoms with Crippen LogP contribution in [0.15, 0.2) is 24.3 Å². The molecule has 0 radical (unpaired) electrons. The van der Waals surface area contributed by atoms with Crippen molar-refractivity contribution in [3.05, 3.63) is 29.8 Å². The molecule has 1 amide bonds. The summed E-state index contributed by atoms with van der Waals surface area (Å²) >= 11 is 0. The van der Waals surface area contributed by atoms with Gasteiger partial charge in [-0.2, -0.15) is 0 Å². The molecule has 0 saturated carbocycles. The second-order valence-electron chi connectivity index (χ2n) is 4.12. The van der Waals surface area contributed by atoms with Crippen molar-refractivity contribution < 1.29 is 9.53 Å². The topological polar surface area (TPSA) is 38.3 Å². The fourth-order valence-electron chi connectivity index (χ4n) is 1.48. The molecule has 0 aromatic heterocycles. The van der Waals surface area contributed by atoms with E-state index in [2.05, 4.69) is 5.32 Å². The van der Waals surface area contributed by atoms with Gasteiger partial charge in [-0.05, 0) is 37.5 Å². The highest BCUT2D eigenvalue weighted by Crippen LogP contribution is 2.12. The lowest BCUT2D eigenvalue weighted by molar-refractivity contribution is -0.121. The summed E-state index contributed by atoms with van der Waals surface area (Å²) in [5.41, 5.74) is 1.18. The van der Waals surface area contributed by atoms with Gasteiger partial charge in [-0.3, -0.25) is 4.79 Å². The molecule has 0 fully saturated rings. The van der Waals surface area contributed by atoms with Crippen LogP contribution in [0, 0.1) is 6.92 Å². The number of ether oxygens (including phenoxy) is 1. The average Bonchev–Trinajstić information content (AvgIpc) is 2.32.